The molecule has 1 aromatic rings. The van der Waals surface area contributed by atoms with E-state index in [9.17, 15) is 9.90 Å². The predicted molar refractivity (Wildman–Crippen MR) is 90.9 cm³/mol. The van der Waals surface area contributed by atoms with Gasteiger partial charge >= 0.3 is 5.97 Å². The number of thiophene rings is 1. The summed E-state index contributed by atoms with van der Waals surface area (Å²) in [5.41, 5.74) is 1.48. The van der Waals surface area contributed by atoms with E-state index in [2.05, 4.69) is 18.7 Å². The Morgan fingerprint density at radius 3 is 2.45 bits per heavy atom. The molecule has 122 valence electrons. The van der Waals surface area contributed by atoms with Crippen LogP contribution < -0.4 is 0 Å². The summed E-state index contributed by atoms with van der Waals surface area (Å²) < 4.78 is 0. The summed E-state index contributed by atoms with van der Waals surface area (Å²) in [4.78, 5) is 15.2. The van der Waals surface area contributed by atoms with Crippen LogP contribution in [0.1, 0.15) is 66.2 Å². The maximum absolute atomic E-state index is 11.2. The van der Waals surface area contributed by atoms with Gasteiger partial charge in [0.25, 0.3) is 0 Å². The zero-order valence-corrected chi connectivity index (χ0v) is 14.7. The van der Waals surface area contributed by atoms with Gasteiger partial charge < -0.3 is 5.11 Å². The van der Waals surface area contributed by atoms with Gasteiger partial charge in [0.15, 0.2) is 0 Å². The molecule has 1 unspecified atom stereocenters. The average Bonchev–Trinajstić information content (AvgIpc) is 2.85. The monoisotopic (exact) mass is 321 g/mol. The summed E-state index contributed by atoms with van der Waals surface area (Å²) in [6.45, 7) is 9.18. The van der Waals surface area contributed by atoms with Crippen LogP contribution in [-0.4, -0.2) is 35.1 Å². The summed E-state index contributed by atoms with van der Waals surface area (Å²) >= 11 is 1.64. The van der Waals surface area contributed by atoms with Gasteiger partial charge in [0.05, 0.1) is 5.56 Å². The fourth-order valence-corrected chi connectivity index (χ4v) is 5.53. The highest BCUT2D eigenvalue weighted by Crippen LogP contribution is 2.41. The van der Waals surface area contributed by atoms with Crippen LogP contribution in [0.2, 0.25) is 0 Å². The van der Waals surface area contributed by atoms with Crippen LogP contribution in [0.15, 0.2) is 5.38 Å². The predicted octanol–water partition coefficient (Wildman–Crippen LogP) is 4.37. The molecule has 0 radical (unpaired) electrons. The second-order valence-corrected chi connectivity index (χ2v) is 8.27. The van der Waals surface area contributed by atoms with E-state index in [1.165, 1.54) is 43.6 Å². The zero-order chi connectivity index (χ0) is 15.9. The fraction of sp³-hybridized carbons (Fsp3) is 0.722. The van der Waals surface area contributed by atoms with E-state index in [0.29, 0.717) is 17.4 Å². The first-order chi connectivity index (χ1) is 10.5. The van der Waals surface area contributed by atoms with Gasteiger partial charge in [-0.05, 0) is 55.9 Å². The van der Waals surface area contributed by atoms with Gasteiger partial charge in [0, 0.05) is 29.4 Å². The smallest absolute Gasteiger partial charge is 0.336 e. The van der Waals surface area contributed by atoms with Crippen molar-refractivity contribution in [1.29, 1.82) is 0 Å². The second-order valence-electron chi connectivity index (χ2n) is 7.36. The molecule has 4 heteroatoms. The summed E-state index contributed by atoms with van der Waals surface area (Å²) in [6.07, 6.45) is 5.21. The number of rotatable bonds is 4. The third kappa shape index (κ3) is 2.95. The molecule has 1 aromatic heterocycles. The molecule has 1 atom stereocenters. The first kappa shape index (κ1) is 16.0. The molecule has 0 bridgehead atoms. The molecule has 1 saturated carbocycles. The van der Waals surface area contributed by atoms with Gasteiger partial charge in [0.2, 0.25) is 0 Å². The van der Waals surface area contributed by atoms with Gasteiger partial charge in [-0.15, -0.1) is 11.3 Å². The lowest BCUT2D eigenvalue weighted by molar-refractivity contribution is 0.0339. The first-order valence-corrected chi connectivity index (χ1v) is 9.40. The van der Waals surface area contributed by atoms with Gasteiger partial charge in [-0.2, -0.15) is 0 Å². The molecule has 0 amide bonds. The fourth-order valence-electron chi connectivity index (χ4n) is 4.32. The molecule has 2 heterocycles. The first-order valence-electron chi connectivity index (χ1n) is 8.52. The van der Waals surface area contributed by atoms with Crippen LogP contribution in [0.25, 0.3) is 0 Å². The van der Waals surface area contributed by atoms with Crippen LogP contribution in [0.5, 0.6) is 0 Å². The van der Waals surface area contributed by atoms with Crippen molar-refractivity contribution in [2.24, 2.45) is 11.8 Å². The normalized spacial score (nSPS) is 28.3. The number of carboxylic acid groups (broad SMARTS) is 1. The van der Waals surface area contributed by atoms with Gasteiger partial charge in [-0.3, -0.25) is 4.90 Å². The number of hydrogen-bond acceptors (Lipinski definition) is 3. The number of nitrogens with zero attached hydrogens (tertiary/aromatic N) is 1. The lowest BCUT2D eigenvalue weighted by atomic mass is 9.76. The number of carbonyl (C=O) groups is 1. The number of aromatic carboxylic acids is 1. The van der Waals surface area contributed by atoms with Crippen LogP contribution >= 0.6 is 11.3 Å². The molecule has 2 aliphatic rings. The van der Waals surface area contributed by atoms with Crippen molar-refractivity contribution in [3.8, 4) is 0 Å². The molecular weight excluding hydrogens is 294 g/mol. The average molecular weight is 321 g/mol. The van der Waals surface area contributed by atoms with E-state index in [0.717, 1.165) is 17.5 Å². The highest BCUT2D eigenvalue weighted by molar-refractivity contribution is 7.10. The number of likely N-dealkylation sites (tertiary alicyclic amines) is 1. The van der Waals surface area contributed by atoms with Crippen molar-refractivity contribution in [1.82, 2.24) is 4.90 Å². The SMILES string of the molecule is Cc1c(C(=O)O)csc1C(C)C1CCC(N2CC(C)C2)CC1. The van der Waals surface area contributed by atoms with Crippen molar-refractivity contribution in [2.75, 3.05) is 13.1 Å². The summed E-state index contributed by atoms with van der Waals surface area (Å²) in [5.74, 6) is 1.31. The molecule has 1 N–H and O–H groups in total. The van der Waals surface area contributed by atoms with E-state index < -0.39 is 5.97 Å². The Bertz CT molecular complexity index is 539. The van der Waals surface area contributed by atoms with Gasteiger partial charge in [-0.25, -0.2) is 4.79 Å². The molecule has 3 rings (SSSR count). The van der Waals surface area contributed by atoms with E-state index in [1.807, 2.05) is 12.3 Å². The maximum atomic E-state index is 11.2. The van der Waals surface area contributed by atoms with E-state index >= 15 is 0 Å². The molecule has 0 spiro atoms. The van der Waals surface area contributed by atoms with Crippen molar-refractivity contribution in [3.05, 3.63) is 21.4 Å². The van der Waals surface area contributed by atoms with Crippen molar-refractivity contribution in [3.63, 3.8) is 0 Å². The Labute approximate surface area is 137 Å². The largest absolute Gasteiger partial charge is 0.478 e. The summed E-state index contributed by atoms with van der Waals surface area (Å²) in [5, 5.41) is 11.0. The summed E-state index contributed by atoms with van der Waals surface area (Å²) in [7, 11) is 0. The molecule has 2 fully saturated rings. The molecule has 1 saturated heterocycles. The topological polar surface area (TPSA) is 40.5 Å². The lowest BCUT2D eigenvalue weighted by Gasteiger charge is -2.46. The minimum absolute atomic E-state index is 0.495. The van der Waals surface area contributed by atoms with Gasteiger partial charge in [0.1, 0.15) is 0 Å². The number of carboxylic acids is 1. The molecule has 3 nitrogen and oxygen atoms in total. The molecule has 1 aliphatic carbocycles. The Morgan fingerprint density at radius 1 is 1.32 bits per heavy atom. The number of hydrogen-bond donors (Lipinski definition) is 1. The Balaban J connectivity index is 1.60. The standard InChI is InChI=1S/C18H27NO2S/c1-11-8-19(9-11)15-6-4-14(5-7-15)12(2)17-13(3)16(10-22-17)18(20)21/h10-12,14-15H,4-9H2,1-3H3,(H,20,21). The Hall–Kier alpha value is -0.870. The third-order valence-electron chi connectivity index (χ3n) is 5.78. The lowest BCUT2D eigenvalue weighted by Crippen LogP contribution is -2.52. The zero-order valence-electron chi connectivity index (χ0n) is 13.8. The van der Waals surface area contributed by atoms with Crippen molar-refractivity contribution in [2.45, 2.75) is 58.4 Å². The van der Waals surface area contributed by atoms with E-state index in [1.54, 1.807) is 11.3 Å². The molecule has 22 heavy (non-hydrogen) atoms. The van der Waals surface area contributed by atoms with Crippen LogP contribution in [-0.2, 0) is 0 Å². The minimum Gasteiger partial charge on any atom is -0.478 e. The minimum atomic E-state index is -0.789. The van der Waals surface area contributed by atoms with Crippen LogP contribution in [0.4, 0.5) is 0 Å². The van der Waals surface area contributed by atoms with Gasteiger partial charge in [-0.1, -0.05) is 13.8 Å². The van der Waals surface area contributed by atoms with Crippen molar-refractivity contribution >= 4 is 17.3 Å². The third-order valence-corrected chi connectivity index (χ3v) is 7.06. The molecule has 0 aromatic carbocycles. The Kier molecular flexibility index (Phi) is 4.60. The molecular formula is C18H27NO2S. The highest BCUT2D eigenvalue weighted by Gasteiger charge is 2.34. The maximum Gasteiger partial charge on any atom is 0.336 e. The van der Waals surface area contributed by atoms with Crippen LogP contribution in [0.3, 0.4) is 0 Å². The second kappa shape index (κ2) is 6.32. The van der Waals surface area contributed by atoms with Crippen molar-refractivity contribution < 1.29 is 9.90 Å². The van der Waals surface area contributed by atoms with E-state index in [4.69, 9.17) is 0 Å². The quantitative estimate of drug-likeness (QED) is 0.895. The Morgan fingerprint density at radius 2 is 1.95 bits per heavy atom. The highest BCUT2D eigenvalue weighted by atomic mass is 32.1. The van der Waals surface area contributed by atoms with E-state index in [-0.39, 0.29) is 0 Å². The molecule has 1 aliphatic heterocycles. The summed E-state index contributed by atoms with van der Waals surface area (Å²) in [6, 6.07) is 0.804. The van der Waals surface area contributed by atoms with Crippen LogP contribution in [0, 0.1) is 18.8 Å².